The summed E-state index contributed by atoms with van der Waals surface area (Å²) in [5.74, 6) is 0.843. The molecule has 0 spiro atoms. The molecule has 100 valence electrons. The summed E-state index contributed by atoms with van der Waals surface area (Å²) < 4.78 is 3.11. The zero-order valence-corrected chi connectivity index (χ0v) is 13.1. The number of hydrogen-bond acceptors (Lipinski definition) is 0. The minimum atomic E-state index is 0.476. The maximum absolute atomic E-state index is 2.34. The zero-order valence-electron chi connectivity index (χ0n) is 11.4. The summed E-state index contributed by atoms with van der Waals surface area (Å²) in [5, 5.41) is 0. The van der Waals surface area contributed by atoms with Crippen LogP contribution in [-0.4, -0.2) is 15.0 Å². The van der Waals surface area contributed by atoms with Gasteiger partial charge in [-0.1, -0.05) is 0 Å². The van der Waals surface area contributed by atoms with E-state index in [1.807, 2.05) is 0 Å². The molecule has 1 fully saturated rings. The van der Waals surface area contributed by atoms with Gasteiger partial charge in [0.1, 0.15) is 0 Å². The van der Waals surface area contributed by atoms with Crippen molar-refractivity contribution in [2.75, 3.05) is 0 Å². The molecule has 20 heavy (non-hydrogen) atoms. The topological polar surface area (TPSA) is 0 Å². The fourth-order valence-corrected chi connectivity index (χ4v) is 4.40. The Kier molecular flexibility index (Phi) is 4.53. The summed E-state index contributed by atoms with van der Waals surface area (Å²) >= 11 is 0.476. The van der Waals surface area contributed by atoms with Crippen molar-refractivity contribution in [1.82, 2.24) is 0 Å². The van der Waals surface area contributed by atoms with Gasteiger partial charge in [0.05, 0.1) is 0 Å². The molecule has 0 bridgehead atoms. The molecule has 0 aromatic heterocycles. The average molecular weight is 325 g/mol. The van der Waals surface area contributed by atoms with Crippen LogP contribution in [0.15, 0.2) is 77.3 Å². The van der Waals surface area contributed by atoms with Crippen molar-refractivity contribution in [2.45, 2.75) is 12.8 Å². The van der Waals surface area contributed by atoms with Crippen molar-refractivity contribution in [3.63, 3.8) is 0 Å². The van der Waals surface area contributed by atoms with E-state index >= 15 is 0 Å². The van der Waals surface area contributed by atoms with E-state index in [0.29, 0.717) is 15.0 Å². The van der Waals surface area contributed by atoms with E-state index in [9.17, 15) is 0 Å². The Morgan fingerprint density at radius 3 is 2.20 bits per heavy atom. The number of allylic oxidation sites excluding steroid dienone is 3. The zero-order chi connectivity index (χ0) is 13.6. The number of hydrogen-bond donors (Lipinski definition) is 0. The molecule has 0 aliphatic heterocycles. The Hall–Kier alpha value is -1.56. The maximum atomic E-state index is 2.34. The molecule has 0 unspecified atom stereocenters. The normalized spacial score (nSPS) is 15.7. The molecule has 2 aromatic rings. The van der Waals surface area contributed by atoms with Crippen LogP contribution in [0.3, 0.4) is 0 Å². The molecule has 1 saturated carbocycles. The predicted octanol–water partition coefficient (Wildman–Crippen LogP) is 4.02. The van der Waals surface area contributed by atoms with Crippen molar-refractivity contribution in [1.29, 1.82) is 0 Å². The molecule has 3 rings (SSSR count). The predicted molar refractivity (Wildman–Crippen MR) is 88.1 cm³/mol. The van der Waals surface area contributed by atoms with E-state index in [4.69, 9.17) is 0 Å². The van der Waals surface area contributed by atoms with Crippen LogP contribution < -0.4 is 4.46 Å². The van der Waals surface area contributed by atoms with Crippen LogP contribution in [0.25, 0.3) is 6.08 Å². The molecule has 2 aromatic carbocycles. The van der Waals surface area contributed by atoms with Gasteiger partial charge in [-0.2, -0.15) is 0 Å². The third-order valence-corrected chi connectivity index (χ3v) is 5.85. The molecular weight excluding hydrogens is 307 g/mol. The van der Waals surface area contributed by atoms with Crippen molar-refractivity contribution >= 4 is 25.5 Å². The summed E-state index contributed by atoms with van der Waals surface area (Å²) in [4.78, 5) is 0. The van der Waals surface area contributed by atoms with Gasteiger partial charge in [0, 0.05) is 0 Å². The molecule has 1 aliphatic carbocycles. The Morgan fingerprint density at radius 1 is 0.900 bits per heavy atom. The van der Waals surface area contributed by atoms with Gasteiger partial charge in [-0.05, 0) is 0 Å². The van der Waals surface area contributed by atoms with Gasteiger partial charge in [-0.25, -0.2) is 0 Å². The standard InChI is InChI=1S/C19H18Se/c1-3-8-16(9-4-1)10-7-13-19(17-14-15-17)20-18-11-5-2-6-12-18/h1-13,17H,14-15H2/b10-7+,19-13+. The summed E-state index contributed by atoms with van der Waals surface area (Å²) in [6.45, 7) is 0. The van der Waals surface area contributed by atoms with Crippen LogP contribution in [-0.2, 0) is 0 Å². The third kappa shape index (κ3) is 3.96. The fourth-order valence-electron chi connectivity index (χ4n) is 2.06. The Balaban J connectivity index is 1.71. The van der Waals surface area contributed by atoms with Gasteiger partial charge in [-0.15, -0.1) is 0 Å². The molecule has 0 radical (unpaired) electrons. The Bertz CT molecular complexity index is 592. The Labute approximate surface area is 127 Å². The van der Waals surface area contributed by atoms with Gasteiger partial charge in [0.25, 0.3) is 0 Å². The van der Waals surface area contributed by atoms with Gasteiger partial charge < -0.3 is 0 Å². The van der Waals surface area contributed by atoms with Crippen LogP contribution in [0.1, 0.15) is 18.4 Å². The minimum absolute atomic E-state index is 0.476. The van der Waals surface area contributed by atoms with E-state index in [0.717, 1.165) is 5.92 Å². The second-order valence-corrected chi connectivity index (χ2v) is 7.43. The Morgan fingerprint density at radius 2 is 1.55 bits per heavy atom. The van der Waals surface area contributed by atoms with Gasteiger partial charge in [0.15, 0.2) is 0 Å². The van der Waals surface area contributed by atoms with Crippen molar-refractivity contribution in [3.8, 4) is 0 Å². The summed E-state index contributed by atoms with van der Waals surface area (Å²) in [6, 6.07) is 21.4. The first-order valence-electron chi connectivity index (χ1n) is 7.08. The van der Waals surface area contributed by atoms with Crippen molar-refractivity contribution in [2.24, 2.45) is 5.92 Å². The molecule has 1 aliphatic rings. The average Bonchev–Trinajstić information content (AvgIpc) is 3.33. The first kappa shape index (κ1) is 13.4. The number of benzene rings is 2. The van der Waals surface area contributed by atoms with Crippen molar-refractivity contribution < 1.29 is 0 Å². The van der Waals surface area contributed by atoms with Crippen LogP contribution in [0.2, 0.25) is 0 Å². The molecular formula is C19H18Se. The molecule has 0 saturated heterocycles. The molecule has 0 amide bonds. The van der Waals surface area contributed by atoms with Gasteiger partial charge in [0.2, 0.25) is 0 Å². The van der Waals surface area contributed by atoms with Crippen LogP contribution >= 0.6 is 0 Å². The van der Waals surface area contributed by atoms with E-state index in [-0.39, 0.29) is 0 Å². The fraction of sp³-hybridized carbons (Fsp3) is 0.158. The first-order valence-corrected chi connectivity index (χ1v) is 8.79. The molecule has 0 heterocycles. The summed E-state index contributed by atoms with van der Waals surface area (Å²) in [5.41, 5.74) is 1.27. The summed E-state index contributed by atoms with van der Waals surface area (Å²) in [6.07, 6.45) is 9.51. The SMILES string of the molecule is C(=C\c1ccccc1)/C=C(/[Se]c1ccccc1)C1CC1. The second-order valence-electron chi connectivity index (χ2n) is 5.03. The van der Waals surface area contributed by atoms with Gasteiger partial charge in [-0.3, -0.25) is 0 Å². The molecule has 0 nitrogen and oxygen atoms in total. The van der Waals surface area contributed by atoms with E-state index < -0.39 is 0 Å². The molecule has 1 heteroatoms. The third-order valence-electron chi connectivity index (χ3n) is 3.31. The van der Waals surface area contributed by atoms with Crippen LogP contribution in [0.5, 0.6) is 0 Å². The van der Waals surface area contributed by atoms with E-state index in [1.165, 1.54) is 22.9 Å². The van der Waals surface area contributed by atoms with Crippen LogP contribution in [0, 0.1) is 5.92 Å². The van der Waals surface area contributed by atoms with Gasteiger partial charge >= 0.3 is 127 Å². The quantitative estimate of drug-likeness (QED) is 0.575. The second kappa shape index (κ2) is 6.74. The molecule has 0 N–H and O–H groups in total. The van der Waals surface area contributed by atoms with E-state index in [2.05, 4.69) is 78.9 Å². The van der Waals surface area contributed by atoms with Crippen LogP contribution in [0.4, 0.5) is 0 Å². The molecule has 0 atom stereocenters. The first-order chi connectivity index (χ1) is 9.92. The summed E-state index contributed by atoms with van der Waals surface area (Å²) in [7, 11) is 0. The monoisotopic (exact) mass is 326 g/mol. The number of rotatable bonds is 5. The van der Waals surface area contributed by atoms with Crippen molar-refractivity contribution in [3.05, 3.63) is 82.9 Å². The van der Waals surface area contributed by atoms with E-state index in [1.54, 1.807) is 4.47 Å².